The number of benzene rings is 1. The third-order valence-corrected chi connectivity index (χ3v) is 4.44. The highest BCUT2D eigenvalue weighted by atomic mass is 16.6. The first-order chi connectivity index (χ1) is 11.0. The Balaban J connectivity index is 1.47. The van der Waals surface area contributed by atoms with E-state index in [1.807, 2.05) is 0 Å². The Morgan fingerprint density at radius 2 is 1.91 bits per heavy atom. The van der Waals surface area contributed by atoms with Gasteiger partial charge in [-0.05, 0) is 0 Å². The zero-order chi connectivity index (χ0) is 15.9. The first-order valence-corrected chi connectivity index (χ1v) is 6.94. The molecule has 0 saturated carbocycles. The van der Waals surface area contributed by atoms with Crippen molar-refractivity contribution in [2.45, 2.75) is 12.2 Å². The SMILES string of the molecule is O=C1Oc2c(OC(=O)C3C4C=CC(O4)C3C(=O)O)c3cc1c2o3. The van der Waals surface area contributed by atoms with Crippen LogP contribution >= 0.6 is 0 Å². The molecule has 1 saturated heterocycles. The molecule has 8 nitrogen and oxygen atoms in total. The maximum Gasteiger partial charge on any atom is 0.347 e. The molecule has 0 aromatic carbocycles. The van der Waals surface area contributed by atoms with Gasteiger partial charge in [0.05, 0.1) is 12.2 Å². The van der Waals surface area contributed by atoms with Crippen LogP contribution in [0.25, 0.3) is 11.2 Å². The van der Waals surface area contributed by atoms with Crippen molar-refractivity contribution in [3.63, 3.8) is 0 Å². The smallest absolute Gasteiger partial charge is 0.347 e. The standard InChI is InChI=1S/C15H8O8/c16-13(17)8-5-1-2-6(20-5)9(8)15(19)22-11-7-3-4-10(21-7)12(11)23-14(4)18/h1-3,5-6,8-9H,(H,16,17). The minimum atomic E-state index is -1.12. The molecule has 0 radical (unpaired) electrons. The Labute approximate surface area is 127 Å². The average Bonchev–Trinajstić information content (AvgIpc) is 3.27. The molecule has 23 heavy (non-hydrogen) atoms. The van der Waals surface area contributed by atoms with Crippen molar-refractivity contribution in [2.75, 3.05) is 0 Å². The van der Waals surface area contributed by atoms with Gasteiger partial charge >= 0.3 is 17.9 Å². The highest BCUT2D eigenvalue weighted by molar-refractivity contribution is 6.10. The normalized spacial score (nSPS) is 30.3. The average molecular weight is 316 g/mol. The van der Waals surface area contributed by atoms with Gasteiger partial charge in [0.2, 0.25) is 11.5 Å². The van der Waals surface area contributed by atoms with E-state index in [-0.39, 0.29) is 22.7 Å². The minimum Gasteiger partial charge on any atom is -0.481 e. The van der Waals surface area contributed by atoms with Crippen LogP contribution in [0, 0.1) is 11.8 Å². The molecule has 0 aliphatic carbocycles. The fraction of sp³-hybridized carbons (Fsp3) is 0.267. The van der Waals surface area contributed by atoms with Crippen LogP contribution in [0.1, 0.15) is 10.4 Å². The number of aliphatic carboxylic acids is 1. The van der Waals surface area contributed by atoms with Crippen LogP contribution in [0.15, 0.2) is 22.6 Å². The minimum absolute atomic E-state index is 0.00971. The van der Waals surface area contributed by atoms with Gasteiger partial charge in [0, 0.05) is 6.07 Å². The number of hydrogen-bond donors (Lipinski definition) is 1. The number of carboxylic acids is 1. The maximum absolute atomic E-state index is 12.5. The number of esters is 2. The van der Waals surface area contributed by atoms with E-state index < -0.39 is 42.0 Å². The lowest BCUT2D eigenvalue weighted by atomic mass is 9.83. The van der Waals surface area contributed by atoms with E-state index in [1.54, 1.807) is 12.2 Å². The van der Waals surface area contributed by atoms with Crippen molar-refractivity contribution < 1.29 is 38.1 Å². The van der Waals surface area contributed by atoms with Gasteiger partial charge < -0.3 is 23.7 Å². The first kappa shape index (κ1) is 12.7. The zero-order valence-electron chi connectivity index (χ0n) is 11.3. The van der Waals surface area contributed by atoms with Gasteiger partial charge in [-0.1, -0.05) is 12.2 Å². The Morgan fingerprint density at radius 1 is 1.17 bits per heavy atom. The van der Waals surface area contributed by atoms with Gasteiger partial charge in [-0.25, -0.2) is 4.79 Å². The maximum atomic E-state index is 12.5. The molecule has 0 amide bonds. The van der Waals surface area contributed by atoms with Crippen LogP contribution in [0.5, 0.6) is 11.5 Å². The van der Waals surface area contributed by atoms with E-state index in [2.05, 4.69) is 0 Å². The topological polar surface area (TPSA) is 112 Å². The second-order valence-electron chi connectivity index (χ2n) is 5.66. The van der Waals surface area contributed by atoms with Crippen molar-refractivity contribution in [1.29, 1.82) is 0 Å². The van der Waals surface area contributed by atoms with E-state index in [1.165, 1.54) is 6.07 Å². The Bertz CT molecular complexity index is 906. The second kappa shape index (κ2) is 3.90. The molecule has 116 valence electrons. The summed E-state index contributed by atoms with van der Waals surface area (Å²) in [6.07, 6.45) is 2.02. The number of furan rings is 2. The predicted molar refractivity (Wildman–Crippen MR) is 70.4 cm³/mol. The summed E-state index contributed by atoms with van der Waals surface area (Å²) in [7, 11) is 0. The van der Waals surface area contributed by atoms with Crippen molar-refractivity contribution in [3.8, 4) is 11.5 Å². The number of hydrogen-bond acceptors (Lipinski definition) is 7. The molecule has 4 bridgehead atoms. The van der Waals surface area contributed by atoms with Gasteiger partial charge in [0.15, 0.2) is 11.2 Å². The van der Waals surface area contributed by atoms with E-state index in [9.17, 15) is 19.5 Å². The molecule has 2 aromatic rings. The van der Waals surface area contributed by atoms with Crippen molar-refractivity contribution in [1.82, 2.24) is 0 Å². The molecule has 5 heterocycles. The molecule has 1 fully saturated rings. The summed E-state index contributed by atoms with van der Waals surface area (Å²) in [5, 5.41) is 9.31. The number of rotatable bonds is 3. The van der Waals surface area contributed by atoms with Gasteiger partial charge in [-0.2, -0.15) is 0 Å². The van der Waals surface area contributed by atoms with Gasteiger partial charge in [0.25, 0.3) is 0 Å². The lowest BCUT2D eigenvalue weighted by Gasteiger charge is -2.19. The Hall–Kier alpha value is -2.87. The quantitative estimate of drug-likeness (QED) is 0.506. The molecule has 1 N–H and O–H groups in total. The predicted octanol–water partition coefficient (Wildman–Crippen LogP) is 0.963. The fourth-order valence-electron chi connectivity index (χ4n) is 3.43. The number of carbonyl (C=O) groups is 3. The van der Waals surface area contributed by atoms with Crippen molar-refractivity contribution >= 4 is 29.1 Å². The summed E-state index contributed by atoms with van der Waals surface area (Å²) in [6, 6.07) is 1.43. The number of ether oxygens (including phenoxy) is 3. The summed E-state index contributed by atoms with van der Waals surface area (Å²) in [5.74, 6) is -4.32. The summed E-state index contributed by atoms with van der Waals surface area (Å²) in [5.41, 5.74) is 0.756. The van der Waals surface area contributed by atoms with Crippen molar-refractivity contribution in [3.05, 3.63) is 23.8 Å². The summed E-state index contributed by atoms with van der Waals surface area (Å²) in [6.45, 7) is 0. The number of carbonyl (C=O) groups excluding carboxylic acids is 2. The van der Waals surface area contributed by atoms with E-state index in [0.717, 1.165) is 0 Å². The summed E-state index contributed by atoms with van der Waals surface area (Å²) >= 11 is 0. The number of carboxylic acid groups (broad SMARTS) is 1. The third-order valence-electron chi connectivity index (χ3n) is 4.44. The summed E-state index contributed by atoms with van der Waals surface area (Å²) in [4.78, 5) is 35.4. The van der Waals surface area contributed by atoms with E-state index in [0.29, 0.717) is 5.56 Å². The van der Waals surface area contributed by atoms with Crippen LogP contribution in [0.2, 0.25) is 0 Å². The molecule has 8 heteroatoms. The van der Waals surface area contributed by atoms with Gasteiger partial charge in [-0.3, -0.25) is 9.59 Å². The van der Waals surface area contributed by atoms with Gasteiger partial charge in [-0.15, -0.1) is 0 Å². The third kappa shape index (κ3) is 1.45. The van der Waals surface area contributed by atoms with E-state index in [4.69, 9.17) is 18.6 Å². The Kier molecular flexibility index (Phi) is 2.15. The lowest BCUT2D eigenvalue weighted by Crippen LogP contribution is -2.38. The van der Waals surface area contributed by atoms with Crippen LogP contribution < -0.4 is 9.47 Å². The molecule has 3 aliphatic heterocycles. The zero-order valence-corrected chi connectivity index (χ0v) is 11.3. The van der Waals surface area contributed by atoms with Crippen LogP contribution in [-0.2, 0) is 14.3 Å². The molecular weight excluding hydrogens is 308 g/mol. The van der Waals surface area contributed by atoms with Crippen LogP contribution in [0.4, 0.5) is 0 Å². The molecule has 5 rings (SSSR count). The largest absolute Gasteiger partial charge is 0.481 e. The molecular formula is C15H8O8. The monoisotopic (exact) mass is 316 g/mol. The molecule has 3 aliphatic rings. The van der Waals surface area contributed by atoms with Crippen LogP contribution in [-0.4, -0.2) is 35.2 Å². The second-order valence-corrected chi connectivity index (χ2v) is 5.66. The summed E-state index contributed by atoms with van der Waals surface area (Å²) < 4.78 is 21.1. The Morgan fingerprint density at radius 3 is 2.65 bits per heavy atom. The van der Waals surface area contributed by atoms with E-state index >= 15 is 0 Å². The molecule has 2 aromatic heterocycles. The highest BCUT2D eigenvalue weighted by Crippen LogP contribution is 2.50. The fourth-order valence-corrected chi connectivity index (χ4v) is 3.43. The molecule has 4 atom stereocenters. The van der Waals surface area contributed by atoms with Crippen LogP contribution in [0.3, 0.4) is 0 Å². The lowest BCUT2D eigenvalue weighted by molar-refractivity contribution is -0.151. The van der Waals surface area contributed by atoms with Gasteiger partial charge in [0.1, 0.15) is 17.4 Å². The number of fused-ring (bicyclic) bond motifs is 3. The molecule has 0 spiro atoms. The molecule has 4 unspecified atom stereocenters. The van der Waals surface area contributed by atoms with Crippen molar-refractivity contribution in [2.24, 2.45) is 11.8 Å². The highest BCUT2D eigenvalue weighted by Gasteiger charge is 2.54. The first-order valence-electron chi connectivity index (χ1n) is 6.94.